The Balaban J connectivity index is 1.77. The molecular formula is C23H24O2S2. The molecule has 0 radical (unpaired) electrons. The van der Waals surface area contributed by atoms with Crippen molar-refractivity contribution in [1.82, 2.24) is 0 Å². The molecule has 0 heterocycles. The van der Waals surface area contributed by atoms with E-state index < -0.39 is 9.84 Å². The van der Waals surface area contributed by atoms with Gasteiger partial charge in [-0.25, -0.2) is 8.42 Å². The van der Waals surface area contributed by atoms with Crippen molar-refractivity contribution < 1.29 is 8.42 Å². The van der Waals surface area contributed by atoms with E-state index >= 15 is 0 Å². The normalized spacial score (nSPS) is 18.6. The summed E-state index contributed by atoms with van der Waals surface area (Å²) in [6.45, 7) is 0. The molecule has 1 spiro atoms. The van der Waals surface area contributed by atoms with E-state index in [4.69, 9.17) is 0 Å². The van der Waals surface area contributed by atoms with Gasteiger partial charge in [0.2, 0.25) is 0 Å². The summed E-state index contributed by atoms with van der Waals surface area (Å²) >= 11 is 1.75. The van der Waals surface area contributed by atoms with Crippen molar-refractivity contribution in [3.63, 3.8) is 0 Å². The van der Waals surface area contributed by atoms with E-state index in [2.05, 4.69) is 42.7 Å². The summed E-state index contributed by atoms with van der Waals surface area (Å²) in [5, 5.41) is 0. The molecule has 4 rings (SSSR count). The second-order valence-electron chi connectivity index (χ2n) is 7.58. The maximum absolute atomic E-state index is 11.8. The number of hydrogen-bond donors (Lipinski definition) is 0. The summed E-state index contributed by atoms with van der Waals surface area (Å²) < 4.78 is 23.6. The maximum Gasteiger partial charge on any atom is 0.175 e. The molecule has 2 aromatic carbocycles. The highest BCUT2D eigenvalue weighted by Crippen LogP contribution is 2.52. The summed E-state index contributed by atoms with van der Waals surface area (Å²) in [6.07, 6.45) is 13.2. The molecule has 0 unspecified atom stereocenters. The monoisotopic (exact) mass is 396 g/mol. The van der Waals surface area contributed by atoms with Crippen LogP contribution in [0.2, 0.25) is 0 Å². The molecule has 2 aliphatic carbocycles. The first-order valence-corrected chi connectivity index (χ1v) is 12.4. The smallest absolute Gasteiger partial charge is 0.175 e. The fraction of sp³-hybridized carbons (Fsp3) is 0.304. The van der Waals surface area contributed by atoms with E-state index in [-0.39, 0.29) is 5.41 Å². The fourth-order valence-corrected chi connectivity index (χ4v) is 5.26. The first kappa shape index (κ1) is 18.6. The van der Waals surface area contributed by atoms with Crippen LogP contribution in [-0.4, -0.2) is 20.9 Å². The summed E-state index contributed by atoms with van der Waals surface area (Å²) in [6, 6.07) is 16.1. The predicted octanol–water partition coefficient (Wildman–Crippen LogP) is 5.85. The minimum Gasteiger partial charge on any atom is -0.224 e. The summed E-state index contributed by atoms with van der Waals surface area (Å²) in [5.41, 5.74) is 4.99. The SMILES string of the molecule is CSc1ccc(C2=CC3(C=C2c2ccc(S(C)(=O)=O)cc2)CCCC3)cc1. The molecule has 0 bridgehead atoms. The number of sulfone groups is 1. The van der Waals surface area contributed by atoms with Gasteiger partial charge in [-0.05, 0) is 65.6 Å². The first-order chi connectivity index (χ1) is 12.9. The van der Waals surface area contributed by atoms with Gasteiger partial charge in [0.15, 0.2) is 9.84 Å². The molecule has 27 heavy (non-hydrogen) atoms. The molecule has 0 saturated heterocycles. The Labute approximate surface area is 166 Å². The van der Waals surface area contributed by atoms with Gasteiger partial charge in [0.05, 0.1) is 4.90 Å². The summed E-state index contributed by atoms with van der Waals surface area (Å²) in [7, 11) is -3.18. The standard InChI is InChI=1S/C23H24O2S2/c1-26-19-9-5-17(6-10-19)21-15-23(13-3-4-14-23)16-22(21)18-7-11-20(12-8-18)27(2,24)25/h5-12,15-16H,3-4,13-14H2,1-2H3. The Bertz CT molecular complexity index is 1010. The summed E-state index contributed by atoms with van der Waals surface area (Å²) in [5.74, 6) is 0. The van der Waals surface area contributed by atoms with Gasteiger partial charge in [-0.15, -0.1) is 11.8 Å². The van der Waals surface area contributed by atoms with Gasteiger partial charge in [0.25, 0.3) is 0 Å². The molecular weight excluding hydrogens is 372 g/mol. The Morgan fingerprint density at radius 2 is 1.30 bits per heavy atom. The molecule has 2 aliphatic rings. The number of allylic oxidation sites excluding steroid dienone is 4. The van der Waals surface area contributed by atoms with Crippen molar-refractivity contribution in [3.05, 3.63) is 71.8 Å². The van der Waals surface area contributed by atoms with Crippen LogP contribution in [0.15, 0.2) is 70.5 Å². The molecule has 0 atom stereocenters. The zero-order valence-electron chi connectivity index (χ0n) is 15.7. The van der Waals surface area contributed by atoms with Crippen molar-refractivity contribution >= 4 is 32.7 Å². The molecule has 140 valence electrons. The lowest BCUT2D eigenvalue weighted by Gasteiger charge is -2.16. The van der Waals surface area contributed by atoms with E-state index in [9.17, 15) is 8.42 Å². The highest BCUT2D eigenvalue weighted by molar-refractivity contribution is 7.98. The van der Waals surface area contributed by atoms with Crippen molar-refractivity contribution in [2.24, 2.45) is 5.41 Å². The highest BCUT2D eigenvalue weighted by Gasteiger charge is 2.35. The van der Waals surface area contributed by atoms with Crippen molar-refractivity contribution in [1.29, 1.82) is 0 Å². The number of hydrogen-bond acceptors (Lipinski definition) is 3. The van der Waals surface area contributed by atoms with Crippen LogP contribution in [0.1, 0.15) is 36.8 Å². The minimum atomic E-state index is -3.18. The van der Waals surface area contributed by atoms with Gasteiger partial charge >= 0.3 is 0 Å². The largest absolute Gasteiger partial charge is 0.224 e. The first-order valence-electron chi connectivity index (χ1n) is 9.31. The van der Waals surface area contributed by atoms with Crippen molar-refractivity contribution in [2.75, 3.05) is 12.5 Å². The average Bonchev–Trinajstić information content (AvgIpc) is 3.28. The Morgan fingerprint density at radius 3 is 1.74 bits per heavy atom. The lowest BCUT2D eigenvalue weighted by molar-refractivity contribution is 0.523. The van der Waals surface area contributed by atoms with E-state index in [1.807, 2.05) is 12.1 Å². The third-order valence-electron chi connectivity index (χ3n) is 5.68. The molecule has 1 saturated carbocycles. The average molecular weight is 397 g/mol. The predicted molar refractivity (Wildman–Crippen MR) is 115 cm³/mol. The molecule has 0 N–H and O–H groups in total. The Hall–Kier alpha value is -1.78. The van der Waals surface area contributed by atoms with E-state index in [1.165, 1.54) is 53.5 Å². The van der Waals surface area contributed by atoms with E-state index in [1.54, 1.807) is 23.9 Å². The zero-order valence-corrected chi connectivity index (χ0v) is 17.4. The van der Waals surface area contributed by atoms with Crippen LogP contribution in [0, 0.1) is 5.41 Å². The van der Waals surface area contributed by atoms with Gasteiger partial charge in [-0.1, -0.05) is 49.3 Å². The van der Waals surface area contributed by atoms with Gasteiger partial charge in [-0.2, -0.15) is 0 Å². The van der Waals surface area contributed by atoms with Gasteiger partial charge < -0.3 is 0 Å². The quantitative estimate of drug-likeness (QED) is 0.608. The van der Waals surface area contributed by atoms with Crippen LogP contribution in [0.5, 0.6) is 0 Å². The topological polar surface area (TPSA) is 34.1 Å². The maximum atomic E-state index is 11.8. The van der Waals surface area contributed by atoms with Crippen LogP contribution < -0.4 is 0 Å². The number of benzene rings is 2. The van der Waals surface area contributed by atoms with Crippen LogP contribution in [0.25, 0.3) is 11.1 Å². The highest BCUT2D eigenvalue weighted by atomic mass is 32.2. The minimum absolute atomic E-state index is 0.165. The molecule has 1 fully saturated rings. The number of thioether (sulfide) groups is 1. The lowest BCUT2D eigenvalue weighted by Crippen LogP contribution is -2.05. The molecule has 0 aromatic heterocycles. The molecule has 0 amide bonds. The number of rotatable bonds is 4. The third-order valence-corrected chi connectivity index (χ3v) is 7.55. The van der Waals surface area contributed by atoms with E-state index in [0.29, 0.717) is 4.90 Å². The fourth-order valence-electron chi connectivity index (χ4n) is 4.22. The van der Waals surface area contributed by atoms with Crippen LogP contribution in [-0.2, 0) is 9.84 Å². The van der Waals surface area contributed by atoms with Gasteiger partial charge in [-0.3, -0.25) is 0 Å². The molecule has 2 aromatic rings. The lowest BCUT2D eigenvalue weighted by atomic mass is 9.88. The second-order valence-corrected chi connectivity index (χ2v) is 10.5. The van der Waals surface area contributed by atoms with Crippen molar-refractivity contribution in [3.8, 4) is 0 Å². The van der Waals surface area contributed by atoms with Gasteiger partial charge in [0.1, 0.15) is 0 Å². The van der Waals surface area contributed by atoms with Crippen LogP contribution >= 0.6 is 11.8 Å². The molecule has 2 nitrogen and oxygen atoms in total. The Morgan fingerprint density at radius 1 is 0.815 bits per heavy atom. The summed E-state index contributed by atoms with van der Waals surface area (Å²) in [4.78, 5) is 1.63. The molecule has 0 aliphatic heterocycles. The second kappa shape index (κ2) is 6.99. The third kappa shape index (κ3) is 3.65. The van der Waals surface area contributed by atoms with E-state index in [0.717, 1.165) is 5.56 Å². The van der Waals surface area contributed by atoms with Crippen molar-refractivity contribution in [2.45, 2.75) is 35.5 Å². The zero-order chi connectivity index (χ0) is 19.1. The Kier molecular flexibility index (Phi) is 4.81. The van der Waals surface area contributed by atoms with Gasteiger partial charge in [0, 0.05) is 16.6 Å². The van der Waals surface area contributed by atoms with Crippen LogP contribution in [0.3, 0.4) is 0 Å². The van der Waals surface area contributed by atoms with Crippen LogP contribution in [0.4, 0.5) is 0 Å². The molecule has 4 heteroatoms.